The summed E-state index contributed by atoms with van der Waals surface area (Å²) in [4.78, 5) is 15.4. The second-order valence-electron chi connectivity index (χ2n) is 6.89. The van der Waals surface area contributed by atoms with E-state index < -0.39 is 0 Å². The van der Waals surface area contributed by atoms with Gasteiger partial charge in [0.1, 0.15) is 5.82 Å². The molecule has 128 valence electrons. The number of hydrogen-bond acceptors (Lipinski definition) is 1. The highest BCUT2D eigenvalue weighted by Crippen LogP contribution is 2.28. The van der Waals surface area contributed by atoms with Crippen molar-refractivity contribution in [1.82, 2.24) is 4.98 Å². The van der Waals surface area contributed by atoms with E-state index >= 15 is 0 Å². The van der Waals surface area contributed by atoms with Gasteiger partial charge in [-0.15, -0.1) is 0 Å². The topological polar surface area (TPSA) is 44.9 Å². The molecule has 0 spiro atoms. The lowest BCUT2D eigenvalue weighted by Gasteiger charge is -2.10. The third-order valence-corrected chi connectivity index (χ3v) is 5.01. The van der Waals surface area contributed by atoms with Crippen LogP contribution in [0.2, 0.25) is 0 Å². The van der Waals surface area contributed by atoms with E-state index in [9.17, 15) is 9.18 Å². The Hall–Kier alpha value is -2.62. The molecule has 2 aromatic carbocycles. The molecule has 1 fully saturated rings. The largest absolute Gasteiger partial charge is 0.355 e. The number of nitrogens with one attached hydrogen (secondary N) is 2. The number of aromatic nitrogens is 1. The molecule has 1 aliphatic rings. The van der Waals surface area contributed by atoms with Gasteiger partial charge in [0.2, 0.25) is 5.91 Å². The minimum atomic E-state index is -0.238. The molecular weight excluding hydrogens is 315 g/mol. The Morgan fingerprint density at radius 3 is 2.60 bits per heavy atom. The standard InChI is InChI=1S/C21H21FN2O/c22-17-7-10-19-16(12-17)13-20(24-19)15-5-8-18(9-6-15)23-21(25)11-14-3-1-2-4-14/h5-10,12-14,24H,1-4,11H2,(H,23,25). The van der Waals surface area contributed by atoms with Crippen molar-refractivity contribution >= 4 is 22.5 Å². The van der Waals surface area contributed by atoms with Crippen molar-refractivity contribution in [3.05, 3.63) is 54.3 Å². The Balaban J connectivity index is 1.46. The van der Waals surface area contributed by atoms with Crippen molar-refractivity contribution in [1.29, 1.82) is 0 Å². The molecule has 0 saturated heterocycles. The van der Waals surface area contributed by atoms with Crippen LogP contribution in [0.3, 0.4) is 0 Å². The number of benzene rings is 2. The number of carbonyl (C=O) groups excluding carboxylic acids is 1. The summed E-state index contributed by atoms with van der Waals surface area (Å²) in [6, 6.07) is 14.4. The number of anilines is 1. The van der Waals surface area contributed by atoms with E-state index in [1.165, 1.54) is 37.8 Å². The van der Waals surface area contributed by atoms with E-state index in [1.807, 2.05) is 30.3 Å². The summed E-state index contributed by atoms with van der Waals surface area (Å²) in [5.41, 5.74) is 3.66. The van der Waals surface area contributed by atoms with Crippen molar-refractivity contribution in [2.45, 2.75) is 32.1 Å². The number of hydrogen-bond donors (Lipinski definition) is 2. The Kier molecular flexibility index (Phi) is 4.26. The van der Waals surface area contributed by atoms with Crippen molar-refractivity contribution < 1.29 is 9.18 Å². The number of aromatic amines is 1. The summed E-state index contributed by atoms with van der Waals surface area (Å²) in [5, 5.41) is 3.83. The monoisotopic (exact) mass is 336 g/mol. The highest BCUT2D eigenvalue weighted by atomic mass is 19.1. The molecule has 4 heteroatoms. The number of halogens is 1. The van der Waals surface area contributed by atoms with Crippen LogP contribution in [0.1, 0.15) is 32.1 Å². The van der Waals surface area contributed by atoms with Crippen molar-refractivity contribution in [2.75, 3.05) is 5.32 Å². The fraction of sp³-hybridized carbons (Fsp3) is 0.286. The lowest BCUT2D eigenvalue weighted by molar-refractivity contribution is -0.117. The quantitative estimate of drug-likeness (QED) is 0.650. The first-order chi connectivity index (χ1) is 12.2. The number of fused-ring (bicyclic) bond motifs is 1. The average Bonchev–Trinajstić information content (AvgIpc) is 3.24. The Bertz CT molecular complexity index is 892. The molecule has 25 heavy (non-hydrogen) atoms. The van der Waals surface area contributed by atoms with Gasteiger partial charge in [0, 0.05) is 28.7 Å². The van der Waals surface area contributed by atoms with Crippen LogP contribution >= 0.6 is 0 Å². The van der Waals surface area contributed by atoms with Crippen LogP contribution < -0.4 is 5.32 Å². The first kappa shape index (κ1) is 15.9. The fourth-order valence-electron chi connectivity index (χ4n) is 3.68. The minimum absolute atomic E-state index is 0.0979. The molecule has 1 heterocycles. The number of rotatable bonds is 4. The van der Waals surface area contributed by atoms with Gasteiger partial charge in [-0.25, -0.2) is 4.39 Å². The molecule has 1 aromatic heterocycles. The summed E-state index contributed by atoms with van der Waals surface area (Å²) in [5.74, 6) is 0.408. The van der Waals surface area contributed by atoms with Gasteiger partial charge in [-0.1, -0.05) is 25.0 Å². The van der Waals surface area contributed by atoms with Gasteiger partial charge in [0.15, 0.2) is 0 Å². The SMILES string of the molecule is O=C(CC1CCCC1)Nc1ccc(-c2cc3cc(F)ccc3[nH]2)cc1. The molecule has 0 aliphatic heterocycles. The van der Waals surface area contributed by atoms with Gasteiger partial charge < -0.3 is 10.3 Å². The van der Waals surface area contributed by atoms with Gasteiger partial charge in [0.05, 0.1) is 0 Å². The Morgan fingerprint density at radius 2 is 1.84 bits per heavy atom. The van der Waals surface area contributed by atoms with Crippen LogP contribution in [0.5, 0.6) is 0 Å². The Labute approximate surface area is 146 Å². The maximum absolute atomic E-state index is 13.3. The van der Waals surface area contributed by atoms with Crippen LogP contribution in [0.25, 0.3) is 22.2 Å². The highest BCUT2D eigenvalue weighted by molar-refractivity contribution is 5.91. The number of H-pyrrole nitrogens is 1. The van der Waals surface area contributed by atoms with E-state index in [1.54, 1.807) is 6.07 Å². The van der Waals surface area contributed by atoms with E-state index in [4.69, 9.17) is 0 Å². The Morgan fingerprint density at radius 1 is 1.08 bits per heavy atom. The minimum Gasteiger partial charge on any atom is -0.355 e. The molecule has 4 rings (SSSR count). The van der Waals surface area contributed by atoms with Gasteiger partial charge in [-0.05, 0) is 60.7 Å². The van der Waals surface area contributed by atoms with Crippen LogP contribution in [0.4, 0.5) is 10.1 Å². The number of carbonyl (C=O) groups is 1. The summed E-state index contributed by atoms with van der Waals surface area (Å²) in [6.07, 6.45) is 5.47. The van der Waals surface area contributed by atoms with Crippen molar-refractivity contribution in [3.8, 4) is 11.3 Å². The highest BCUT2D eigenvalue weighted by Gasteiger charge is 2.18. The first-order valence-electron chi connectivity index (χ1n) is 8.86. The zero-order chi connectivity index (χ0) is 17.2. The van der Waals surface area contributed by atoms with Gasteiger partial charge in [-0.2, -0.15) is 0 Å². The molecule has 0 atom stereocenters. The zero-order valence-electron chi connectivity index (χ0n) is 14.0. The normalized spacial score (nSPS) is 14.9. The third-order valence-electron chi connectivity index (χ3n) is 5.01. The van der Waals surface area contributed by atoms with E-state index in [0.29, 0.717) is 12.3 Å². The molecule has 2 N–H and O–H groups in total. The zero-order valence-corrected chi connectivity index (χ0v) is 14.0. The van der Waals surface area contributed by atoms with Gasteiger partial charge in [-0.3, -0.25) is 4.79 Å². The molecule has 3 nitrogen and oxygen atoms in total. The summed E-state index contributed by atoms with van der Waals surface area (Å²) in [7, 11) is 0. The maximum atomic E-state index is 13.3. The van der Waals surface area contributed by atoms with Gasteiger partial charge >= 0.3 is 0 Å². The predicted octanol–water partition coefficient (Wildman–Crippen LogP) is 5.49. The van der Waals surface area contributed by atoms with E-state index in [2.05, 4.69) is 10.3 Å². The summed E-state index contributed by atoms with van der Waals surface area (Å²) < 4.78 is 13.3. The van der Waals surface area contributed by atoms with Crippen LogP contribution in [-0.4, -0.2) is 10.9 Å². The first-order valence-corrected chi connectivity index (χ1v) is 8.86. The molecule has 1 aliphatic carbocycles. The maximum Gasteiger partial charge on any atom is 0.224 e. The lowest BCUT2D eigenvalue weighted by atomic mass is 10.0. The van der Waals surface area contributed by atoms with Crippen molar-refractivity contribution in [3.63, 3.8) is 0 Å². The molecule has 1 saturated carbocycles. The molecule has 0 bridgehead atoms. The molecule has 0 unspecified atom stereocenters. The molecule has 1 amide bonds. The van der Waals surface area contributed by atoms with Gasteiger partial charge in [0.25, 0.3) is 0 Å². The van der Waals surface area contributed by atoms with Crippen LogP contribution in [-0.2, 0) is 4.79 Å². The van der Waals surface area contributed by atoms with E-state index in [-0.39, 0.29) is 11.7 Å². The second kappa shape index (κ2) is 6.71. The average molecular weight is 336 g/mol. The second-order valence-corrected chi connectivity index (χ2v) is 6.89. The predicted molar refractivity (Wildman–Crippen MR) is 98.9 cm³/mol. The van der Waals surface area contributed by atoms with Crippen molar-refractivity contribution in [2.24, 2.45) is 5.92 Å². The van der Waals surface area contributed by atoms with E-state index in [0.717, 1.165) is 27.8 Å². The van der Waals surface area contributed by atoms with Crippen LogP contribution in [0.15, 0.2) is 48.5 Å². The van der Waals surface area contributed by atoms with Crippen LogP contribution in [0, 0.1) is 11.7 Å². The lowest BCUT2D eigenvalue weighted by Crippen LogP contribution is -2.14. The molecule has 3 aromatic rings. The molecular formula is C21H21FN2O. The third kappa shape index (κ3) is 3.58. The molecule has 0 radical (unpaired) electrons. The summed E-state index contributed by atoms with van der Waals surface area (Å²) in [6.45, 7) is 0. The number of amides is 1. The smallest absolute Gasteiger partial charge is 0.224 e. The summed E-state index contributed by atoms with van der Waals surface area (Å²) >= 11 is 0. The fourth-order valence-corrected chi connectivity index (χ4v) is 3.68.